The SMILES string of the molecule is Nc1nc(O)c2nc(CNc3ccc(C(=O)N4CCCNCCNCCCN(Cc5ccc(CN6CCCNCCNCCCNCC6)cc5)CC4)cc3)cnc2n1. The minimum Gasteiger partial charge on any atom is -0.492 e. The summed E-state index contributed by atoms with van der Waals surface area (Å²) in [5.41, 5.74) is 10.8. The number of nitrogen functional groups attached to an aromatic ring is 1. The number of nitrogens with one attached hydrogen (secondary N) is 6. The van der Waals surface area contributed by atoms with E-state index in [1.807, 2.05) is 29.2 Å². The first-order chi connectivity index (χ1) is 28.5. The summed E-state index contributed by atoms with van der Waals surface area (Å²) in [6.45, 7) is 17.3. The fourth-order valence-corrected chi connectivity index (χ4v) is 7.32. The van der Waals surface area contributed by atoms with Crippen molar-refractivity contribution in [1.82, 2.24) is 61.2 Å². The number of nitrogens with two attached hydrogens (primary N) is 1. The summed E-state index contributed by atoms with van der Waals surface area (Å²) < 4.78 is 0. The van der Waals surface area contributed by atoms with Crippen LogP contribution in [0.1, 0.15) is 52.9 Å². The van der Waals surface area contributed by atoms with Crippen LogP contribution in [0.5, 0.6) is 5.88 Å². The van der Waals surface area contributed by atoms with Crippen LogP contribution < -0.4 is 37.6 Å². The Balaban J connectivity index is 1.04. The van der Waals surface area contributed by atoms with Gasteiger partial charge >= 0.3 is 0 Å². The van der Waals surface area contributed by atoms with E-state index in [-0.39, 0.29) is 28.9 Å². The van der Waals surface area contributed by atoms with E-state index in [9.17, 15) is 9.90 Å². The number of nitrogens with zero attached hydrogens (tertiary/aromatic N) is 7. The van der Waals surface area contributed by atoms with Crippen molar-refractivity contribution in [1.29, 1.82) is 0 Å². The summed E-state index contributed by atoms with van der Waals surface area (Å²) in [6.07, 6.45) is 5.81. The number of aromatic nitrogens is 4. The lowest BCUT2D eigenvalue weighted by Gasteiger charge is -2.29. The summed E-state index contributed by atoms with van der Waals surface area (Å²) in [7, 11) is 0. The molecular formula is C42H64N14O2. The molecule has 2 fully saturated rings. The van der Waals surface area contributed by atoms with Crippen LogP contribution in [0.2, 0.25) is 0 Å². The summed E-state index contributed by atoms with van der Waals surface area (Å²) in [4.78, 5) is 37.6. The highest BCUT2D eigenvalue weighted by Gasteiger charge is 2.18. The zero-order chi connectivity index (χ0) is 40.2. The van der Waals surface area contributed by atoms with Crippen LogP contribution in [0, 0.1) is 0 Å². The molecule has 0 aliphatic carbocycles. The van der Waals surface area contributed by atoms with Crippen LogP contribution in [0.25, 0.3) is 11.2 Å². The quantitative estimate of drug-likeness (QED) is 0.128. The van der Waals surface area contributed by atoms with E-state index in [4.69, 9.17) is 5.73 Å². The smallest absolute Gasteiger partial charge is 0.253 e. The Morgan fingerprint density at radius 1 is 0.638 bits per heavy atom. The molecule has 2 saturated heterocycles. The number of carbonyl (C=O) groups is 1. The van der Waals surface area contributed by atoms with E-state index in [1.54, 1.807) is 6.20 Å². The van der Waals surface area contributed by atoms with Gasteiger partial charge in [-0.05, 0) is 107 Å². The van der Waals surface area contributed by atoms with Crippen molar-refractivity contribution in [3.63, 3.8) is 0 Å². The Morgan fingerprint density at radius 3 is 1.84 bits per heavy atom. The molecule has 4 heterocycles. The van der Waals surface area contributed by atoms with E-state index >= 15 is 0 Å². The van der Waals surface area contributed by atoms with Crippen LogP contribution in [0.15, 0.2) is 54.7 Å². The number of fused-ring (bicyclic) bond motifs is 1. The number of hydrogen-bond acceptors (Lipinski definition) is 15. The summed E-state index contributed by atoms with van der Waals surface area (Å²) in [5.74, 6) is -0.324. The normalized spacial score (nSPS) is 18.6. The van der Waals surface area contributed by atoms with E-state index in [2.05, 4.69) is 85.9 Å². The van der Waals surface area contributed by atoms with E-state index in [0.29, 0.717) is 30.9 Å². The molecule has 16 nitrogen and oxygen atoms in total. The van der Waals surface area contributed by atoms with Gasteiger partial charge in [0.25, 0.3) is 5.91 Å². The lowest BCUT2D eigenvalue weighted by atomic mass is 10.1. The average molecular weight is 797 g/mol. The van der Waals surface area contributed by atoms with Crippen molar-refractivity contribution in [2.75, 3.05) is 116 Å². The van der Waals surface area contributed by atoms with Gasteiger partial charge in [0, 0.05) is 83.2 Å². The fourth-order valence-electron chi connectivity index (χ4n) is 7.32. The Labute approximate surface area is 343 Å². The van der Waals surface area contributed by atoms with Crippen molar-refractivity contribution in [2.24, 2.45) is 0 Å². The van der Waals surface area contributed by atoms with Gasteiger partial charge in [-0.2, -0.15) is 9.97 Å². The average Bonchev–Trinajstić information content (AvgIpc) is 3.23. The Bertz CT molecular complexity index is 1800. The molecule has 2 aliphatic heterocycles. The lowest BCUT2D eigenvalue weighted by Crippen LogP contribution is -2.41. The van der Waals surface area contributed by atoms with Gasteiger partial charge < -0.3 is 47.6 Å². The van der Waals surface area contributed by atoms with Gasteiger partial charge in [0.1, 0.15) is 0 Å². The van der Waals surface area contributed by atoms with Gasteiger partial charge in [0.2, 0.25) is 11.8 Å². The predicted octanol–water partition coefficient (Wildman–Crippen LogP) is 1.60. The topological polar surface area (TPSA) is 197 Å². The van der Waals surface area contributed by atoms with Crippen LogP contribution in [0.3, 0.4) is 0 Å². The molecule has 4 aromatic rings. The molecule has 0 unspecified atom stereocenters. The summed E-state index contributed by atoms with van der Waals surface area (Å²) in [5, 5.41) is 31.3. The first-order valence-electron chi connectivity index (χ1n) is 21.2. The highest BCUT2D eigenvalue weighted by molar-refractivity contribution is 5.94. The highest BCUT2D eigenvalue weighted by atomic mass is 16.3. The molecule has 6 rings (SSSR count). The van der Waals surface area contributed by atoms with Crippen molar-refractivity contribution < 1.29 is 9.90 Å². The highest BCUT2D eigenvalue weighted by Crippen LogP contribution is 2.19. The van der Waals surface area contributed by atoms with E-state index in [1.165, 1.54) is 11.1 Å². The Kier molecular flexibility index (Phi) is 17.6. The van der Waals surface area contributed by atoms with Gasteiger partial charge in [0.15, 0.2) is 11.2 Å². The van der Waals surface area contributed by atoms with Crippen LogP contribution in [0.4, 0.5) is 11.6 Å². The molecule has 2 aromatic heterocycles. The minimum atomic E-state index is -0.303. The lowest BCUT2D eigenvalue weighted by molar-refractivity contribution is 0.0730. The van der Waals surface area contributed by atoms with Crippen molar-refractivity contribution in [3.05, 3.63) is 77.1 Å². The Hall–Kier alpha value is -4.55. The molecule has 9 N–H and O–H groups in total. The van der Waals surface area contributed by atoms with Gasteiger partial charge in [-0.1, -0.05) is 24.3 Å². The maximum absolute atomic E-state index is 14.0. The molecule has 314 valence electrons. The Morgan fingerprint density at radius 2 is 1.21 bits per heavy atom. The van der Waals surface area contributed by atoms with Crippen molar-refractivity contribution in [3.8, 4) is 5.88 Å². The molecular weight excluding hydrogens is 733 g/mol. The summed E-state index contributed by atoms with van der Waals surface area (Å²) in [6, 6.07) is 16.8. The molecule has 0 spiro atoms. The molecule has 0 radical (unpaired) electrons. The van der Waals surface area contributed by atoms with Crippen molar-refractivity contribution in [2.45, 2.75) is 45.3 Å². The molecule has 0 bridgehead atoms. The number of benzene rings is 2. The maximum Gasteiger partial charge on any atom is 0.253 e. The van der Waals surface area contributed by atoms with Crippen LogP contribution >= 0.6 is 0 Å². The van der Waals surface area contributed by atoms with Crippen LogP contribution in [-0.2, 0) is 19.6 Å². The van der Waals surface area contributed by atoms with Crippen LogP contribution in [-0.4, -0.2) is 150 Å². The predicted molar refractivity (Wildman–Crippen MR) is 231 cm³/mol. The number of carbonyl (C=O) groups excluding carboxylic acids is 1. The largest absolute Gasteiger partial charge is 0.492 e. The molecule has 58 heavy (non-hydrogen) atoms. The molecule has 2 aromatic carbocycles. The van der Waals surface area contributed by atoms with Gasteiger partial charge in [0.05, 0.1) is 18.4 Å². The number of rotatable bonds is 8. The zero-order valence-corrected chi connectivity index (χ0v) is 34.0. The number of hydrogen-bond donors (Lipinski definition) is 8. The van der Waals surface area contributed by atoms with Gasteiger partial charge in [-0.25, -0.2) is 9.97 Å². The molecule has 1 amide bonds. The third-order valence-corrected chi connectivity index (χ3v) is 10.6. The number of amides is 1. The third kappa shape index (κ3) is 14.4. The first kappa shape index (κ1) is 43.0. The molecule has 16 heteroatoms. The molecule has 0 saturated carbocycles. The van der Waals surface area contributed by atoms with Gasteiger partial charge in [-0.3, -0.25) is 14.6 Å². The second-order valence-electron chi connectivity index (χ2n) is 15.2. The summed E-state index contributed by atoms with van der Waals surface area (Å²) >= 11 is 0. The monoisotopic (exact) mass is 797 g/mol. The maximum atomic E-state index is 14.0. The van der Waals surface area contributed by atoms with Crippen molar-refractivity contribution >= 4 is 28.7 Å². The molecule has 2 aliphatic rings. The van der Waals surface area contributed by atoms with E-state index in [0.717, 1.165) is 136 Å². The van der Waals surface area contributed by atoms with Gasteiger partial charge in [-0.15, -0.1) is 0 Å². The second-order valence-corrected chi connectivity index (χ2v) is 15.2. The molecule has 0 atom stereocenters. The third-order valence-electron chi connectivity index (χ3n) is 10.6. The minimum absolute atomic E-state index is 0.0375. The fraction of sp³-hybridized carbons (Fsp3) is 0.548. The second kappa shape index (κ2) is 23.8. The standard InChI is InChI=1S/C42H64N14O2/c43-42-52-39-38(40(57)53-42)51-37(30-50-39)29-49-36-11-9-35(10-12-36)41(58)56-25-4-17-47-21-20-46-16-3-24-55(27-28-56)32-34-7-5-33(6-8-34)31-54-23-2-15-45-19-18-44-13-1-14-48-22-26-54/h5-12,30,44-49H,1-4,13-29,31-32H2,(H3,43,50,52,53,57). The zero-order valence-electron chi connectivity index (χ0n) is 34.0. The number of aromatic hydroxyl groups is 1. The van der Waals surface area contributed by atoms with E-state index < -0.39 is 0 Å². The number of anilines is 2. The first-order valence-corrected chi connectivity index (χ1v) is 21.2.